The quantitative estimate of drug-likeness (QED) is 0.195. The van der Waals surface area contributed by atoms with Crippen LogP contribution in [-0.2, 0) is 0 Å². The van der Waals surface area contributed by atoms with Crippen molar-refractivity contribution < 1.29 is 4.74 Å². The third-order valence-electron chi connectivity index (χ3n) is 7.00. The van der Waals surface area contributed by atoms with Gasteiger partial charge in [0, 0.05) is 22.5 Å². The summed E-state index contributed by atoms with van der Waals surface area (Å²) >= 11 is 0. The van der Waals surface area contributed by atoms with E-state index in [2.05, 4.69) is 96.0 Å². The largest absolute Gasteiger partial charge is 0.497 e. The smallest absolute Gasteiger partial charge is 0.118 e. The van der Waals surface area contributed by atoms with Gasteiger partial charge in [0.15, 0.2) is 0 Å². The van der Waals surface area contributed by atoms with E-state index < -0.39 is 0 Å². The van der Waals surface area contributed by atoms with Crippen LogP contribution in [0.3, 0.4) is 0 Å². The molecular formula is C33H22N2O. The van der Waals surface area contributed by atoms with Gasteiger partial charge in [-0.15, -0.1) is 0 Å². The number of methoxy groups -OCH3 is 1. The van der Waals surface area contributed by atoms with Gasteiger partial charge in [-0.3, -0.25) is 4.98 Å². The second kappa shape index (κ2) is 8.17. The van der Waals surface area contributed by atoms with E-state index in [0.29, 0.717) is 0 Å². The molecule has 0 bridgehead atoms. The molecule has 0 spiro atoms. The first-order valence-electron chi connectivity index (χ1n) is 12.0. The molecule has 0 saturated carbocycles. The Hall–Kier alpha value is -4.76. The standard InChI is InChI=1S/C33H22N2O/c1-36-23-16-14-21(15-17-23)31-25-10-4-6-12-27(25)32(28-13-7-5-11-26(28)31)29-18-19-30-33(35-29)24-9-3-2-8-22(24)20-34-30/h2-20H,1H3. The van der Waals surface area contributed by atoms with E-state index in [1.54, 1.807) is 7.11 Å². The Labute approximate surface area is 208 Å². The minimum Gasteiger partial charge on any atom is -0.497 e. The number of nitrogens with zero attached hydrogens (tertiary/aromatic N) is 2. The zero-order valence-electron chi connectivity index (χ0n) is 19.8. The third-order valence-corrected chi connectivity index (χ3v) is 7.00. The lowest BCUT2D eigenvalue weighted by atomic mass is 9.87. The molecule has 0 aliphatic carbocycles. The van der Waals surface area contributed by atoms with E-state index in [4.69, 9.17) is 9.72 Å². The maximum absolute atomic E-state index is 5.41. The molecule has 0 radical (unpaired) electrons. The Balaban J connectivity index is 1.59. The lowest BCUT2D eigenvalue weighted by Gasteiger charge is -2.17. The van der Waals surface area contributed by atoms with Gasteiger partial charge in [-0.1, -0.05) is 84.9 Å². The molecule has 2 heterocycles. The van der Waals surface area contributed by atoms with Crippen LogP contribution < -0.4 is 4.74 Å². The molecule has 170 valence electrons. The van der Waals surface area contributed by atoms with Crippen LogP contribution in [0.15, 0.2) is 115 Å². The van der Waals surface area contributed by atoms with E-state index in [0.717, 1.165) is 44.4 Å². The molecule has 3 nitrogen and oxygen atoms in total. The molecule has 7 rings (SSSR count). The Morgan fingerprint density at radius 2 is 1.14 bits per heavy atom. The zero-order valence-corrected chi connectivity index (χ0v) is 19.8. The predicted octanol–water partition coefficient (Wildman–Crippen LogP) is 8.43. The van der Waals surface area contributed by atoms with Crippen LogP contribution in [-0.4, -0.2) is 17.1 Å². The zero-order chi connectivity index (χ0) is 24.1. The molecule has 0 N–H and O–H groups in total. The van der Waals surface area contributed by atoms with Gasteiger partial charge in [0.1, 0.15) is 5.75 Å². The second-order valence-electron chi connectivity index (χ2n) is 8.98. The first kappa shape index (κ1) is 20.6. The lowest BCUT2D eigenvalue weighted by Crippen LogP contribution is -1.94. The predicted molar refractivity (Wildman–Crippen MR) is 149 cm³/mol. The van der Waals surface area contributed by atoms with Gasteiger partial charge in [-0.25, -0.2) is 4.98 Å². The van der Waals surface area contributed by atoms with Gasteiger partial charge >= 0.3 is 0 Å². The van der Waals surface area contributed by atoms with Crippen molar-refractivity contribution in [3.05, 3.63) is 115 Å². The molecule has 0 fully saturated rings. The molecule has 2 aromatic heterocycles. The van der Waals surface area contributed by atoms with Gasteiger partial charge in [-0.05, 0) is 56.9 Å². The summed E-state index contributed by atoms with van der Waals surface area (Å²) in [7, 11) is 1.70. The van der Waals surface area contributed by atoms with Crippen LogP contribution in [0.5, 0.6) is 5.75 Å². The topological polar surface area (TPSA) is 35.0 Å². The van der Waals surface area contributed by atoms with Gasteiger partial charge in [0.05, 0.1) is 23.8 Å². The molecule has 3 heteroatoms. The van der Waals surface area contributed by atoms with Crippen molar-refractivity contribution in [3.8, 4) is 28.1 Å². The Kier molecular flexibility index (Phi) is 4.68. The molecular weight excluding hydrogens is 440 g/mol. The van der Waals surface area contributed by atoms with E-state index in [1.165, 1.54) is 27.1 Å². The molecule has 0 aliphatic heterocycles. The summed E-state index contributed by atoms with van der Waals surface area (Å²) < 4.78 is 5.41. The number of rotatable bonds is 3. The Bertz CT molecular complexity index is 1870. The summed E-state index contributed by atoms with van der Waals surface area (Å²) in [6, 6.07) is 38.1. The average Bonchev–Trinajstić information content (AvgIpc) is 2.95. The van der Waals surface area contributed by atoms with E-state index in [9.17, 15) is 0 Å². The van der Waals surface area contributed by atoms with Crippen molar-refractivity contribution in [3.63, 3.8) is 0 Å². The molecule has 0 amide bonds. The number of aromatic nitrogens is 2. The van der Waals surface area contributed by atoms with Gasteiger partial charge in [0.2, 0.25) is 0 Å². The summed E-state index contributed by atoms with van der Waals surface area (Å²) in [5, 5.41) is 6.99. The Morgan fingerprint density at radius 3 is 1.78 bits per heavy atom. The van der Waals surface area contributed by atoms with Crippen LogP contribution >= 0.6 is 0 Å². The number of fused-ring (bicyclic) bond motifs is 5. The number of pyridine rings is 2. The highest BCUT2D eigenvalue weighted by Gasteiger charge is 2.17. The highest BCUT2D eigenvalue weighted by Crippen LogP contribution is 2.43. The second-order valence-corrected chi connectivity index (χ2v) is 8.98. The summed E-state index contributed by atoms with van der Waals surface area (Å²) in [5.74, 6) is 0.852. The maximum atomic E-state index is 5.41. The monoisotopic (exact) mass is 462 g/mol. The molecule has 0 saturated heterocycles. The maximum Gasteiger partial charge on any atom is 0.118 e. The van der Waals surface area contributed by atoms with Gasteiger partial charge < -0.3 is 4.74 Å². The van der Waals surface area contributed by atoms with Crippen molar-refractivity contribution in [1.29, 1.82) is 0 Å². The third kappa shape index (κ3) is 3.14. The fourth-order valence-electron chi connectivity index (χ4n) is 5.33. The molecule has 0 unspecified atom stereocenters. The van der Waals surface area contributed by atoms with Crippen molar-refractivity contribution in [2.24, 2.45) is 0 Å². The number of benzene rings is 5. The van der Waals surface area contributed by atoms with Crippen LogP contribution in [0, 0.1) is 0 Å². The minimum atomic E-state index is 0.852. The number of ether oxygens (including phenoxy) is 1. The fraction of sp³-hybridized carbons (Fsp3) is 0.0303. The number of hydrogen-bond acceptors (Lipinski definition) is 3. The Morgan fingerprint density at radius 1 is 0.556 bits per heavy atom. The summed E-state index contributed by atoms with van der Waals surface area (Å²) in [5.41, 5.74) is 6.32. The van der Waals surface area contributed by atoms with Crippen molar-refractivity contribution in [1.82, 2.24) is 9.97 Å². The van der Waals surface area contributed by atoms with Gasteiger partial charge in [-0.2, -0.15) is 0 Å². The summed E-state index contributed by atoms with van der Waals surface area (Å²) in [4.78, 5) is 9.88. The van der Waals surface area contributed by atoms with Crippen molar-refractivity contribution in [2.75, 3.05) is 7.11 Å². The molecule has 7 aromatic rings. The first-order valence-corrected chi connectivity index (χ1v) is 12.0. The van der Waals surface area contributed by atoms with E-state index in [1.807, 2.05) is 24.4 Å². The van der Waals surface area contributed by atoms with Crippen LogP contribution in [0.4, 0.5) is 0 Å². The molecule has 0 atom stereocenters. The highest BCUT2D eigenvalue weighted by molar-refractivity contribution is 6.21. The van der Waals surface area contributed by atoms with Crippen molar-refractivity contribution >= 4 is 43.4 Å². The van der Waals surface area contributed by atoms with E-state index >= 15 is 0 Å². The lowest BCUT2D eigenvalue weighted by molar-refractivity contribution is 0.415. The summed E-state index contributed by atoms with van der Waals surface area (Å²) in [6.45, 7) is 0. The molecule has 0 aliphatic rings. The SMILES string of the molecule is COc1ccc(-c2c3ccccc3c(-c3ccc4ncc5ccccc5c4n3)c3ccccc23)cc1. The van der Waals surface area contributed by atoms with Crippen LogP contribution in [0.2, 0.25) is 0 Å². The average molecular weight is 463 g/mol. The van der Waals surface area contributed by atoms with Crippen molar-refractivity contribution in [2.45, 2.75) is 0 Å². The first-order chi connectivity index (χ1) is 17.8. The summed E-state index contributed by atoms with van der Waals surface area (Å²) in [6.07, 6.45) is 1.92. The highest BCUT2D eigenvalue weighted by atomic mass is 16.5. The fourth-order valence-corrected chi connectivity index (χ4v) is 5.33. The normalized spacial score (nSPS) is 11.5. The number of hydrogen-bond donors (Lipinski definition) is 0. The minimum absolute atomic E-state index is 0.852. The molecule has 5 aromatic carbocycles. The van der Waals surface area contributed by atoms with Crippen LogP contribution in [0.1, 0.15) is 0 Å². The van der Waals surface area contributed by atoms with E-state index in [-0.39, 0.29) is 0 Å². The van der Waals surface area contributed by atoms with Gasteiger partial charge in [0.25, 0.3) is 0 Å². The molecule has 36 heavy (non-hydrogen) atoms. The van der Waals surface area contributed by atoms with Crippen LogP contribution in [0.25, 0.3) is 65.7 Å².